The molecule has 2 aromatic carbocycles. The van der Waals surface area contributed by atoms with Crippen molar-refractivity contribution in [2.75, 3.05) is 0 Å². The molecule has 3 rings (SSSR count). The van der Waals surface area contributed by atoms with E-state index in [-0.39, 0.29) is 12.1 Å². The first kappa shape index (κ1) is 18.2. The average Bonchev–Trinajstić information content (AvgIpc) is 2.90. The first-order chi connectivity index (χ1) is 12.1. The van der Waals surface area contributed by atoms with Gasteiger partial charge < -0.3 is 11.5 Å². The number of nitrogens with two attached hydrogens (primary N) is 2. The van der Waals surface area contributed by atoms with Crippen molar-refractivity contribution in [3.05, 3.63) is 59.2 Å². The zero-order chi connectivity index (χ0) is 17.8. The maximum Gasteiger partial charge on any atom is 0.0104 e. The van der Waals surface area contributed by atoms with Gasteiger partial charge in [-0.05, 0) is 73.8 Å². The fraction of sp³-hybridized carbons (Fsp3) is 0.478. The van der Waals surface area contributed by atoms with E-state index in [1.807, 2.05) is 0 Å². The maximum absolute atomic E-state index is 5.98. The lowest BCUT2D eigenvalue weighted by molar-refractivity contribution is 0.570. The second kappa shape index (κ2) is 8.16. The quantitative estimate of drug-likeness (QED) is 0.714. The van der Waals surface area contributed by atoms with Crippen molar-refractivity contribution in [3.63, 3.8) is 0 Å². The maximum atomic E-state index is 5.98. The molecule has 0 aromatic heterocycles. The Hall–Kier alpha value is -1.64. The zero-order valence-electron chi connectivity index (χ0n) is 15.7. The fourth-order valence-electron chi connectivity index (χ4n) is 4.24. The number of fused-ring (bicyclic) bond motifs is 3. The molecule has 2 nitrogen and oxygen atoms in total. The van der Waals surface area contributed by atoms with Gasteiger partial charge in [0.2, 0.25) is 0 Å². The molecular formula is C23H32N2. The molecule has 0 aliphatic heterocycles. The van der Waals surface area contributed by atoms with E-state index in [0.717, 1.165) is 25.7 Å². The summed E-state index contributed by atoms with van der Waals surface area (Å²) in [5.74, 6) is 0.524. The van der Waals surface area contributed by atoms with Gasteiger partial charge in [0.25, 0.3) is 0 Å². The highest BCUT2D eigenvalue weighted by molar-refractivity contribution is 5.80. The average molecular weight is 337 g/mol. The van der Waals surface area contributed by atoms with E-state index in [0.29, 0.717) is 5.92 Å². The first-order valence-electron chi connectivity index (χ1n) is 9.80. The largest absolute Gasteiger partial charge is 0.328 e. The lowest BCUT2D eigenvalue weighted by atomic mass is 9.86. The van der Waals surface area contributed by atoms with Crippen molar-refractivity contribution >= 4 is 0 Å². The number of hydrogen-bond acceptors (Lipinski definition) is 2. The summed E-state index contributed by atoms with van der Waals surface area (Å²) in [5, 5.41) is 0. The molecule has 0 radical (unpaired) electrons. The Labute approximate surface area is 152 Å². The van der Waals surface area contributed by atoms with Crippen LogP contribution in [0.1, 0.15) is 68.6 Å². The van der Waals surface area contributed by atoms with Crippen LogP contribution in [0.4, 0.5) is 0 Å². The molecule has 0 spiro atoms. The molecule has 0 saturated carbocycles. The van der Waals surface area contributed by atoms with Gasteiger partial charge in [0, 0.05) is 18.0 Å². The van der Waals surface area contributed by atoms with Crippen molar-refractivity contribution in [1.82, 2.24) is 0 Å². The van der Waals surface area contributed by atoms with Crippen molar-refractivity contribution < 1.29 is 0 Å². The van der Waals surface area contributed by atoms with Gasteiger partial charge in [0.05, 0.1) is 0 Å². The molecule has 2 heteroatoms. The van der Waals surface area contributed by atoms with E-state index in [2.05, 4.69) is 56.3 Å². The van der Waals surface area contributed by atoms with Crippen molar-refractivity contribution in [2.24, 2.45) is 11.5 Å². The normalized spacial score (nSPS) is 17.8. The number of rotatable bonds is 8. The molecule has 0 heterocycles. The minimum absolute atomic E-state index is 0.288. The molecule has 3 atom stereocenters. The summed E-state index contributed by atoms with van der Waals surface area (Å²) >= 11 is 0. The second-order valence-corrected chi connectivity index (χ2v) is 7.80. The number of hydrogen-bond donors (Lipinski definition) is 2. The molecule has 0 bridgehead atoms. The van der Waals surface area contributed by atoms with E-state index in [4.69, 9.17) is 11.5 Å². The van der Waals surface area contributed by atoms with E-state index in [1.54, 1.807) is 5.56 Å². The van der Waals surface area contributed by atoms with Gasteiger partial charge in [-0.25, -0.2) is 0 Å². The zero-order valence-corrected chi connectivity index (χ0v) is 15.7. The van der Waals surface area contributed by atoms with Gasteiger partial charge >= 0.3 is 0 Å². The highest BCUT2D eigenvalue weighted by atomic mass is 14.6. The van der Waals surface area contributed by atoms with Crippen LogP contribution in [-0.2, 0) is 6.42 Å². The number of benzene rings is 2. The minimum Gasteiger partial charge on any atom is -0.328 e. The Bertz CT molecular complexity index is 703. The van der Waals surface area contributed by atoms with Crippen molar-refractivity contribution in [2.45, 2.75) is 70.4 Å². The van der Waals surface area contributed by atoms with E-state index >= 15 is 0 Å². The van der Waals surface area contributed by atoms with E-state index in [1.165, 1.54) is 35.1 Å². The Morgan fingerprint density at radius 1 is 0.840 bits per heavy atom. The summed E-state index contributed by atoms with van der Waals surface area (Å²) in [6, 6.07) is 16.4. The molecule has 2 aromatic rings. The highest BCUT2D eigenvalue weighted by Crippen LogP contribution is 2.48. The lowest BCUT2D eigenvalue weighted by Gasteiger charge is -2.18. The Kier molecular flexibility index (Phi) is 5.93. The molecule has 134 valence electrons. The van der Waals surface area contributed by atoms with E-state index < -0.39 is 0 Å². The van der Waals surface area contributed by atoms with Crippen LogP contribution < -0.4 is 11.5 Å². The molecule has 1 aliphatic carbocycles. The Morgan fingerprint density at radius 3 is 2.28 bits per heavy atom. The third-order valence-corrected chi connectivity index (χ3v) is 5.43. The standard InChI is InChI=1S/C23H32N2/c1-16(24)8-5-10-18-11-7-15-22-20-13-4-3-12-19(20)21(23(18)22)14-6-9-17(2)25/h3-4,7,11-13,15-17,21H,5-6,8-10,14,24-25H2,1-2H3. The molecule has 0 amide bonds. The minimum atomic E-state index is 0.288. The topological polar surface area (TPSA) is 52.0 Å². The Balaban J connectivity index is 1.89. The van der Waals surface area contributed by atoms with Gasteiger partial charge in [0.1, 0.15) is 0 Å². The Morgan fingerprint density at radius 2 is 1.52 bits per heavy atom. The monoisotopic (exact) mass is 336 g/mol. The third kappa shape index (κ3) is 4.13. The summed E-state index contributed by atoms with van der Waals surface area (Å²) < 4.78 is 0. The summed E-state index contributed by atoms with van der Waals surface area (Å²) in [6.07, 6.45) is 6.85. The molecule has 1 aliphatic rings. The van der Waals surface area contributed by atoms with Crippen LogP contribution in [0.25, 0.3) is 11.1 Å². The lowest BCUT2D eigenvalue weighted by Crippen LogP contribution is -2.15. The molecule has 25 heavy (non-hydrogen) atoms. The molecule has 3 unspecified atom stereocenters. The summed E-state index contributed by atoms with van der Waals surface area (Å²) in [6.45, 7) is 4.21. The van der Waals surface area contributed by atoms with Gasteiger partial charge in [-0.1, -0.05) is 48.9 Å². The summed E-state index contributed by atoms with van der Waals surface area (Å²) in [4.78, 5) is 0. The molecule has 4 N–H and O–H groups in total. The van der Waals surface area contributed by atoms with Crippen LogP contribution in [0, 0.1) is 0 Å². The van der Waals surface area contributed by atoms with Crippen LogP contribution in [0.3, 0.4) is 0 Å². The molecule has 0 fully saturated rings. The predicted octanol–water partition coefficient (Wildman–Crippen LogP) is 4.99. The van der Waals surface area contributed by atoms with Gasteiger partial charge in [-0.2, -0.15) is 0 Å². The van der Waals surface area contributed by atoms with Crippen LogP contribution >= 0.6 is 0 Å². The SMILES string of the molecule is CC(N)CCCc1cccc2c1C(CCCC(C)N)c1ccccc1-2. The van der Waals surface area contributed by atoms with Crippen molar-refractivity contribution in [3.8, 4) is 11.1 Å². The van der Waals surface area contributed by atoms with E-state index in [9.17, 15) is 0 Å². The summed E-state index contributed by atoms with van der Waals surface area (Å²) in [7, 11) is 0. The van der Waals surface area contributed by atoms with Gasteiger partial charge in [0.15, 0.2) is 0 Å². The predicted molar refractivity (Wildman–Crippen MR) is 108 cm³/mol. The van der Waals surface area contributed by atoms with Crippen LogP contribution in [0.15, 0.2) is 42.5 Å². The van der Waals surface area contributed by atoms with Crippen LogP contribution in [0.5, 0.6) is 0 Å². The van der Waals surface area contributed by atoms with Crippen LogP contribution in [-0.4, -0.2) is 12.1 Å². The highest BCUT2D eigenvalue weighted by Gasteiger charge is 2.29. The number of aryl methyl sites for hydroxylation is 1. The molecule has 0 saturated heterocycles. The van der Waals surface area contributed by atoms with Gasteiger partial charge in [-0.3, -0.25) is 0 Å². The smallest absolute Gasteiger partial charge is 0.0104 e. The van der Waals surface area contributed by atoms with Gasteiger partial charge in [-0.15, -0.1) is 0 Å². The molecular weight excluding hydrogens is 304 g/mol. The van der Waals surface area contributed by atoms with Crippen molar-refractivity contribution in [1.29, 1.82) is 0 Å². The third-order valence-electron chi connectivity index (χ3n) is 5.43. The first-order valence-corrected chi connectivity index (χ1v) is 9.80. The second-order valence-electron chi connectivity index (χ2n) is 7.80. The van der Waals surface area contributed by atoms with Crippen LogP contribution in [0.2, 0.25) is 0 Å². The summed E-state index contributed by atoms with van der Waals surface area (Å²) in [5.41, 5.74) is 19.4. The fourth-order valence-corrected chi connectivity index (χ4v) is 4.24.